The molecule has 0 saturated carbocycles. The van der Waals surface area contributed by atoms with Crippen LogP contribution in [0, 0.1) is 5.82 Å². The van der Waals surface area contributed by atoms with Gasteiger partial charge in [-0.25, -0.2) is 19.0 Å². The summed E-state index contributed by atoms with van der Waals surface area (Å²) in [6.07, 6.45) is 1.70. The van der Waals surface area contributed by atoms with Gasteiger partial charge in [0.2, 0.25) is 5.95 Å². The smallest absolute Gasteiger partial charge is 0.275 e. The summed E-state index contributed by atoms with van der Waals surface area (Å²) in [6, 6.07) is 28.4. The molecule has 8 nitrogen and oxygen atoms in total. The van der Waals surface area contributed by atoms with Crippen molar-refractivity contribution in [2.24, 2.45) is 5.73 Å². The Morgan fingerprint density at radius 1 is 0.884 bits per heavy atom. The molecule has 0 fully saturated rings. The summed E-state index contributed by atoms with van der Waals surface area (Å²) in [5, 5.41) is 3.36. The number of aromatic nitrogens is 4. The molecule has 3 heterocycles. The van der Waals surface area contributed by atoms with E-state index in [0.717, 1.165) is 11.3 Å². The van der Waals surface area contributed by atoms with Gasteiger partial charge in [-0.3, -0.25) is 9.48 Å². The number of anilines is 1. The van der Waals surface area contributed by atoms with Gasteiger partial charge in [0, 0.05) is 18.3 Å². The number of nitrogens with two attached hydrogens (primary N) is 1. The van der Waals surface area contributed by atoms with E-state index in [1.165, 1.54) is 17.7 Å². The zero-order valence-corrected chi connectivity index (χ0v) is 25.0. The monoisotopic (exact) mass is 579 g/mol. The number of hydrogen-bond acceptors (Lipinski definition) is 6. The van der Waals surface area contributed by atoms with Gasteiger partial charge in [-0.05, 0) is 62.8 Å². The lowest BCUT2D eigenvalue weighted by molar-refractivity contribution is 0.283. The van der Waals surface area contributed by atoms with Crippen LogP contribution >= 0.6 is 0 Å². The second kappa shape index (κ2) is 13.1. The van der Waals surface area contributed by atoms with Crippen LogP contribution in [0.3, 0.4) is 0 Å². The fraction of sp³-hybridized carbons (Fsp3) is 0.265. The Labute approximate surface area is 251 Å². The first-order chi connectivity index (χ1) is 20.7. The Morgan fingerprint density at radius 3 is 2.07 bits per heavy atom. The van der Waals surface area contributed by atoms with Crippen LogP contribution in [0.1, 0.15) is 37.1 Å². The summed E-state index contributed by atoms with van der Waals surface area (Å²) in [5.41, 5.74) is 10.4. The van der Waals surface area contributed by atoms with E-state index < -0.39 is 0 Å². The van der Waals surface area contributed by atoms with Crippen LogP contribution in [-0.4, -0.2) is 44.4 Å². The van der Waals surface area contributed by atoms with E-state index in [2.05, 4.69) is 34.3 Å². The van der Waals surface area contributed by atoms with Crippen LogP contribution in [0.2, 0.25) is 0 Å². The zero-order valence-electron chi connectivity index (χ0n) is 25.0. The molecular weight excluding hydrogens is 541 g/mol. The average molecular weight is 580 g/mol. The summed E-state index contributed by atoms with van der Waals surface area (Å²) in [6.45, 7) is 5.28. The number of fused-ring (bicyclic) bond motifs is 1. The first-order valence-electron chi connectivity index (χ1n) is 14.4. The highest BCUT2D eigenvalue weighted by molar-refractivity contribution is 5.79. The Hall–Kier alpha value is -4.60. The van der Waals surface area contributed by atoms with Crippen molar-refractivity contribution < 1.29 is 4.39 Å². The normalized spacial score (nSPS) is 15.4. The third-order valence-electron chi connectivity index (χ3n) is 7.73. The molecule has 1 aliphatic heterocycles. The molecule has 0 saturated heterocycles. The topological polar surface area (TPSA) is 94.0 Å². The number of nitrogens with one attached hydrogen (secondary N) is 1. The lowest BCUT2D eigenvalue weighted by atomic mass is 10.0. The fourth-order valence-electron chi connectivity index (χ4n) is 5.22. The van der Waals surface area contributed by atoms with Crippen molar-refractivity contribution >= 4 is 5.95 Å². The van der Waals surface area contributed by atoms with E-state index in [-0.39, 0.29) is 29.5 Å². The predicted octanol–water partition coefficient (Wildman–Crippen LogP) is 5.74. The number of halogens is 1. The lowest BCUT2D eigenvalue weighted by Gasteiger charge is -2.18. The van der Waals surface area contributed by atoms with Gasteiger partial charge in [-0.2, -0.15) is 0 Å². The Bertz CT molecular complexity index is 1700. The van der Waals surface area contributed by atoms with Gasteiger partial charge in [-0.15, -0.1) is 0 Å². The van der Waals surface area contributed by atoms with E-state index in [1.54, 1.807) is 23.0 Å². The first-order valence-corrected chi connectivity index (χ1v) is 14.4. The largest absolute Gasteiger partial charge is 0.348 e. The summed E-state index contributed by atoms with van der Waals surface area (Å²) in [4.78, 5) is 24.9. The van der Waals surface area contributed by atoms with Crippen LogP contribution in [0.25, 0.3) is 22.5 Å². The molecule has 3 aromatic carbocycles. The number of benzene rings is 3. The summed E-state index contributed by atoms with van der Waals surface area (Å²) < 4.78 is 17.4. The maximum atomic E-state index is 13.6. The third-order valence-corrected chi connectivity index (χ3v) is 7.73. The van der Waals surface area contributed by atoms with Gasteiger partial charge >= 0.3 is 0 Å². The summed E-state index contributed by atoms with van der Waals surface area (Å²) in [7, 11) is 4.03. The van der Waals surface area contributed by atoms with Gasteiger partial charge < -0.3 is 16.0 Å². The number of rotatable bonds is 7. The second-order valence-electron chi connectivity index (χ2n) is 11.1. The maximum Gasteiger partial charge on any atom is 0.275 e. The van der Waals surface area contributed by atoms with Gasteiger partial charge in [0.05, 0.1) is 36.1 Å². The minimum Gasteiger partial charge on any atom is -0.348 e. The lowest BCUT2D eigenvalue weighted by Crippen LogP contribution is -2.31. The molecule has 1 unspecified atom stereocenters. The predicted molar refractivity (Wildman–Crippen MR) is 170 cm³/mol. The molecule has 2 aromatic heterocycles. The first kappa shape index (κ1) is 29.9. The van der Waals surface area contributed by atoms with E-state index in [1.807, 2.05) is 80.3 Å². The Balaban J connectivity index is 0.000000351. The van der Waals surface area contributed by atoms with Crippen LogP contribution in [0.15, 0.2) is 102 Å². The molecule has 3 N–H and O–H groups in total. The van der Waals surface area contributed by atoms with Crippen LogP contribution in [0.4, 0.5) is 10.3 Å². The number of hydrogen-bond donors (Lipinski definition) is 2. The van der Waals surface area contributed by atoms with Crippen molar-refractivity contribution in [3.05, 3.63) is 124 Å². The van der Waals surface area contributed by atoms with Crippen LogP contribution < -0.4 is 16.6 Å². The van der Waals surface area contributed by atoms with Crippen molar-refractivity contribution in [1.29, 1.82) is 0 Å². The molecule has 1 aliphatic rings. The van der Waals surface area contributed by atoms with E-state index in [0.29, 0.717) is 35.9 Å². The molecule has 9 heteroatoms. The highest BCUT2D eigenvalue weighted by Gasteiger charge is 2.32. The van der Waals surface area contributed by atoms with Crippen molar-refractivity contribution in [1.82, 2.24) is 24.2 Å². The van der Waals surface area contributed by atoms with E-state index in [4.69, 9.17) is 10.7 Å². The number of nitrogens with zero attached hydrogens (tertiary/aromatic N) is 5. The van der Waals surface area contributed by atoms with Crippen LogP contribution in [-0.2, 0) is 13.1 Å². The van der Waals surface area contributed by atoms with Crippen LogP contribution in [0.5, 0.6) is 0 Å². The average Bonchev–Trinajstić information content (AvgIpc) is 3.57. The standard InChI is InChI=1S/C26H27FN6O.C8H11N/c1-17(18-7-5-4-6-8-18)29-26-28-14-13-22(30-26)24-23(19-9-11-20(27)12-10-19)25(34)33-16-21(31(2)3)15-32(24)33;1-7(9)8-5-3-2-4-6-8/h4-14,17,21H,15-16H2,1-3H3,(H,28,29,30);2-7H,9H2,1H3/t17-,21?;7-/m00/s1. The zero-order chi connectivity index (χ0) is 30.5. The molecule has 0 bridgehead atoms. The van der Waals surface area contributed by atoms with Gasteiger partial charge in [0.15, 0.2) is 0 Å². The van der Waals surface area contributed by atoms with Crippen molar-refractivity contribution in [2.75, 3.05) is 19.4 Å². The maximum absolute atomic E-state index is 13.6. The molecule has 3 atom stereocenters. The molecule has 0 aliphatic carbocycles. The Kier molecular flexibility index (Phi) is 9.13. The highest BCUT2D eigenvalue weighted by Crippen LogP contribution is 2.32. The van der Waals surface area contributed by atoms with Crippen molar-refractivity contribution in [3.8, 4) is 22.5 Å². The van der Waals surface area contributed by atoms with E-state index >= 15 is 0 Å². The molecule has 0 amide bonds. The SMILES string of the molecule is C[C@H](N)c1ccccc1.C[C@H](Nc1nccc(-c2c(-c3ccc(F)cc3)c(=O)n3n2CC(N(C)C)C3)n1)c1ccccc1. The molecular formula is C34H38FN7O. The molecule has 43 heavy (non-hydrogen) atoms. The number of likely N-dealkylation sites (N-methyl/N-ethyl adjacent to an activating group) is 1. The van der Waals surface area contributed by atoms with Crippen molar-refractivity contribution in [2.45, 2.75) is 45.1 Å². The summed E-state index contributed by atoms with van der Waals surface area (Å²) in [5.74, 6) is 0.141. The van der Waals surface area contributed by atoms with Gasteiger partial charge in [0.25, 0.3) is 5.56 Å². The molecule has 222 valence electrons. The molecule has 0 radical (unpaired) electrons. The van der Waals surface area contributed by atoms with Gasteiger partial charge in [0.1, 0.15) is 5.82 Å². The van der Waals surface area contributed by atoms with E-state index in [9.17, 15) is 9.18 Å². The highest BCUT2D eigenvalue weighted by atomic mass is 19.1. The minimum atomic E-state index is -0.340. The second-order valence-corrected chi connectivity index (χ2v) is 11.1. The molecule has 5 aromatic rings. The third kappa shape index (κ3) is 6.74. The Morgan fingerprint density at radius 2 is 1.49 bits per heavy atom. The van der Waals surface area contributed by atoms with Crippen molar-refractivity contribution in [3.63, 3.8) is 0 Å². The minimum absolute atomic E-state index is 0.00798. The quantitative estimate of drug-likeness (QED) is 0.256. The molecule has 6 rings (SSSR count). The summed E-state index contributed by atoms with van der Waals surface area (Å²) >= 11 is 0. The fourth-order valence-corrected chi connectivity index (χ4v) is 5.22. The van der Waals surface area contributed by atoms with Gasteiger partial charge in [-0.1, -0.05) is 72.8 Å². The molecule has 0 spiro atoms.